The van der Waals surface area contributed by atoms with Crippen LogP contribution in [-0.2, 0) is 6.18 Å². The van der Waals surface area contributed by atoms with E-state index >= 15 is 0 Å². The molecule has 2 nitrogen and oxygen atoms in total. The zero-order valence-electron chi connectivity index (χ0n) is 8.34. The number of hydrogen-bond donors (Lipinski definition) is 0. The molecule has 0 aliphatic rings. The Bertz CT molecular complexity index is 522. The molecule has 0 saturated heterocycles. The summed E-state index contributed by atoms with van der Waals surface area (Å²) in [5, 5.41) is 0.180. The van der Waals surface area contributed by atoms with E-state index in [1.54, 1.807) is 0 Å². The molecule has 2 aromatic rings. The predicted molar refractivity (Wildman–Crippen MR) is 57.9 cm³/mol. The number of halogens is 3. The summed E-state index contributed by atoms with van der Waals surface area (Å²) in [5.41, 5.74) is -0.402. The van der Waals surface area contributed by atoms with Gasteiger partial charge in [0.05, 0.1) is 11.1 Å². The number of fused-ring (bicyclic) bond motifs is 1. The first-order valence-electron chi connectivity index (χ1n) is 4.06. The van der Waals surface area contributed by atoms with Gasteiger partial charge in [0.15, 0.2) is 6.29 Å². The Kier molecular flexibility index (Phi) is 5.51. The number of benzene rings is 1. The molecule has 86 valence electrons. The van der Waals surface area contributed by atoms with Gasteiger partial charge in [-0.3, -0.25) is 4.79 Å². The maximum Gasteiger partial charge on any atom is 1.00 e. The van der Waals surface area contributed by atoms with Crippen LogP contribution in [0.1, 0.15) is 15.9 Å². The Labute approximate surface area is 119 Å². The maximum absolute atomic E-state index is 12.3. The molecule has 1 heterocycles. The van der Waals surface area contributed by atoms with Crippen molar-refractivity contribution in [3.8, 4) is 0 Å². The van der Waals surface area contributed by atoms with Crippen LogP contribution in [-0.4, -0.2) is 14.7 Å². The fourth-order valence-electron chi connectivity index (χ4n) is 1.32. The van der Waals surface area contributed by atoms with Crippen LogP contribution in [0.2, 0.25) is 0 Å². The van der Waals surface area contributed by atoms with Gasteiger partial charge in [-0.15, -0.1) is 0 Å². The first kappa shape index (κ1) is 16.3. The average Bonchev–Trinajstić information content (AvgIpc) is 2.57. The van der Waals surface area contributed by atoms with E-state index in [0.717, 1.165) is 18.4 Å². The largest absolute Gasteiger partial charge is 1.00 e. The average molecular weight is 252 g/mol. The van der Waals surface area contributed by atoms with Gasteiger partial charge in [-0.25, -0.2) is 0 Å². The second-order valence-corrected chi connectivity index (χ2v) is 3.02. The van der Waals surface area contributed by atoms with Crippen molar-refractivity contribution in [2.45, 2.75) is 6.18 Å². The summed E-state index contributed by atoms with van der Waals surface area (Å²) < 4.78 is 41.9. The van der Waals surface area contributed by atoms with E-state index < -0.39 is 11.7 Å². The van der Waals surface area contributed by atoms with Gasteiger partial charge in [-0.2, -0.15) is 13.2 Å². The molecule has 1 aromatic carbocycles. The van der Waals surface area contributed by atoms with Crippen LogP contribution < -0.4 is 29.6 Å². The summed E-state index contributed by atoms with van der Waals surface area (Å²) >= 11 is 0. The maximum atomic E-state index is 12.3. The monoisotopic (exact) mass is 252 g/mol. The van der Waals surface area contributed by atoms with E-state index in [0.29, 0.717) is 6.29 Å². The SMILES string of the molecule is O=Cc1coc2ccc(C(F)(F)F)cc12.[BH4-].[Na+]. The topological polar surface area (TPSA) is 30.2 Å². The Morgan fingerprint density at radius 3 is 2.41 bits per heavy atom. The van der Waals surface area contributed by atoms with Gasteiger partial charge in [-0.1, -0.05) is 8.41 Å². The molecule has 0 saturated carbocycles. The molecule has 17 heavy (non-hydrogen) atoms. The molecule has 0 aliphatic heterocycles. The van der Waals surface area contributed by atoms with Gasteiger partial charge < -0.3 is 4.42 Å². The van der Waals surface area contributed by atoms with Gasteiger partial charge in [0.1, 0.15) is 11.8 Å². The van der Waals surface area contributed by atoms with Crippen molar-refractivity contribution in [3.63, 3.8) is 0 Å². The quantitative estimate of drug-likeness (QED) is 0.472. The minimum atomic E-state index is -4.41. The normalized spacial score (nSPS) is 10.5. The molecule has 7 heteroatoms. The number of carbonyl (C=O) groups is 1. The molecule has 0 amide bonds. The van der Waals surface area contributed by atoms with E-state index in [1.807, 2.05) is 0 Å². The van der Waals surface area contributed by atoms with Crippen molar-refractivity contribution in [3.05, 3.63) is 35.6 Å². The number of carbonyl (C=O) groups excluding carboxylic acids is 1. The zero-order valence-corrected chi connectivity index (χ0v) is 10.3. The van der Waals surface area contributed by atoms with E-state index in [9.17, 15) is 18.0 Å². The number of aldehydes is 1. The molecule has 0 N–H and O–H groups in total. The van der Waals surface area contributed by atoms with E-state index in [4.69, 9.17) is 4.42 Å². The van der Waals surface area contributed by atoms with E-state index in [2.05, 4.69) is 0 Å². The van der Waals surface area contributed by atoms with E-state index in [-0.39, 0.29) is 54.5 Å². The Morgan fingerprint density at radius 2 is 1.88 bits per heavy atom. The third-order valence-corrected chi connectivity index (χ3v) is 2.06. The standard InChI is InChI=1S/C10H5F3O2.BH4.Na/c11-10(12,13)7-1-2-9-8(3-7)6(4-14)5-15-9;;/h1-5H;1H4;/q;-1;+1. The van der Waals surface area contributed by atoms with Gasteiger partial charge in [0.25, 0.3) is 0 Å². The molecule has 0 spiro atoms. The van der Waals surface area contributed by atoms with Gasteiger partial charge >= 0.3 is 35.7 Å². The van der Waals surface area contributed by atoms with Crippen molar-refractivity contribution in [2.75, 3.05) is 0 Å². The first-order chi connectivity index (χ1) is 7.02. The minimum absolute atomic E-state index is 0. The second kappa shape index (κ2) is 5.75. The van der Waals surface area contributed by atoms with Gasteiger partial charge in [0, 0.05) is 5.39 Å². The molecule has 0 radical (unpaired) electrons. The third-order valence-electron chi connectivity index (χ3n) is 2.06. The summed E-state index contributed by atoms with van der Waals surface area (Å²) in [6, 6.07) is 3.02. The molecule has 0 bridgehead atoms. The second-order valence-electron chi connectivity index (χ2n) is 3.02. The van der Waals surface area contributed by atoms with Crippen molar-refractivity contribution < 1.29 is 51.9 Å². The van der Waals surface area contributed by atoms with E-state index in [1.165, 1.54) is 6.07 Å². The van der Waals surface area contributed by atoms with Crippen molar-refractivity contribution >= 4 is 25.7 Å². The fraction of sp³-hybridized carbons (Fsp3) is 0.100. The van der Waals surface area contributed by atoms with Crippen LogP contribution >= 0.6 is 0 Å². The van der Waals surface area contributed by atoms with Crippen molar-refractivity contribution in [2.24, 2.45) is 0 Å². The molecular formula is C10H9BF3NaO2. The molecule has 0 fully saturated rings. The Balaban J connectivity index is 0.00000128. The molecule has 0 unspecified atom stereocenters. The van der Waals surface area contributed by atoms with Crippen LogP contribution in [0.25, 0.3) is 11.0 Å². The summed E-state index contributed by atoms with van der Waals surface area (Å²) in [6.07, 6.45) is -2.81. The number of rotatable bonds is 1. The van der Waals surface area contributed by atoms with Crippen LogP contribution in [0.3, 0.4) is 0 Å². The summed E-state index contributed by atoms with van der Waals surface area (Å²) in [6.45, 7) is 0. The smallest absolute Gasteiger partial charge is 0.464 e. The Hall–Kier alpha value is -0.715. The summed E-state index contributed by atoms with van der Waals surface area (Å²) in [7, 11) is 0. The van der Waals surface area contributed by atoms with Crippen LogP contribution in [0.4, 0.5) is 13.2 Å². The molecule has 0 atom stereocenters. The van der Waals surface area contributed by atoms with Gasteiger partial charge in [-0.05, 0) is 18.2 Å². The van der Waals surface area contributed by atoms with Crippen LogP contribution in [0.5, 0.6) is 0 Å². The van der Waals surface area contributed by atoms with Gasteiger partial charge in [0.2, 0.25) is 0 Å². The predicted octanol–water partition coefficient (Wildman–Crippen LogP) is -1.18. The number of alkyl halides is 3. The molecule has 2 rings (SSSR count). The zero-order chi connectivity index (χ0) is 11.1. The fourth-order valence-corrected chi connectivity index (χ4v) is 1.32. The summed E-state index contributed by atoms with van der Waals surface area (Å²) in [5.74, 6) is 0. The van der Waals surface area contributed by atoms with Crippen molar-refractivity contribution in [1.82, 2.24) is 0 Å². The molecule has 0 aliphatic carbocycles. The minimum Gasteiger partial charge on any atom is -0.464 e. The number of furan rings is 1. The first-order valence-corrected chi connectivity index (χ1v) is 4.06. The summed E-state index contributed by atoms with van der Waals surface area (Å²) in [4.78, 5) is 10.5. The third kappa shape index (κ3) is 3.15. The van der Waals surface area contributed by atoms with Crippen LogP contribution in [0, 0.1) is 0 Å². The number of hydrogen-bond acceptors (Lipinski definition) is 2. The Morgan fingerprint density at radius 1 is 1.24 bits per heavy atom. The van der Waals surface area contributed by atoms with Crippen molar-refractivity contribution in [1.29, 1.82) is 0 Å². The van der Waals surface area contributed by atoms with Crippen LogP contribution in [0.15, 0.2) is 28.9 Å². The molecule has 1 aromatic heterocycles. The molecular weight excluding hydrogens is 243 g/mol.